The lowest BCUT2D eigenvalue weighted by atomic mass is 10.1. The molecule has 0 aromatic heterocycles. The zero-order chi connectivity index (χ0) is 20.9. The van der Waals surface area contributed by atoms with Gasteiger partial charge in [0.25, 0.3) is 16.0 Å². The summed E-state index contributed by atoms with van der Waals surface area (Å²) in [6, 6.07) is 2.07. The lowest BCUT2D eigenvalue weighted by molar-refractivity contribution is -0.123. The summed E-state index contributed by atoms with van der Waals surface area (Å²) in [7, 11) is -1.35. The van der Waals surface area contributed by atoms with Gasteiger partial charge >= 0.3 is 0 Å². The van der Waals surface area contributed by atoms with Crippen molar-refractivity contribution in [3.05, 3.63) is 41.6 Å². The van der Waals surface area contributed by atoms with Crippen LogP contribution in [-0.4, -0.2) is 66.9 Å². The Morgan fingerprint density at radius 2 is 2.00 bits per heavy atom. The second-order valence-corrected chi connectivity index (χ2v) is 8.62. The Balaban J connectivity index is 1.75. The molecule has 0 saturated heterocycles. The van der Waals surface area contributed by atoms with E-state index in [0.717, 1.165) is 0 Å². The van der Waals surface area contributed by atoms with Gasteiger partial charge < -0.3 is 24.6 Å². The molecule has 3 heterocycles. The van der Waals surface area contributed by atoms with Gasteiger partial charge in [-0.3, -0.25) is 14.1 Å². The predicted molar refractivity (Wildman–Crippen MR) is 102 cm³/mol. The Bertz CT molecular complexity index is 1060. The Labute approximate surface area is 167 Å². The summed E-state index contributed by atoms with van der Waals surface area (Å²) in [4.78, 5) is 27.6. The first-order valence-electron chi connectivity index (χ1n) is 8.74. The maximum atomic E-state index is 13.2. The Morgan fingerprint density at radius 3 is 2.66 bits per heavy atom. The molecular formula is C18H19N3O7S. The second kappa shape index (κ2) is 6.78. The normalized spacial score (nSPS) is 22.7. The fourth-order valence-corrected chi connectivity index (χ4v) is 4.37. The molecule has 0 radical (unpaired) electrons. The first-order chi connectivity index (χ1) is 13.6. The van der Waals surface area contributed by atoms with Crippen LogP contribution in [0.3, 0.4) is 0 Å². The Hall–Kier alpha value is -3.05. The van der Waals surface area contributed by atoms with Crippen LogP contribution in [0, 0.1) is 0 Å². The third-order valence-electron chi connectivity index (χ3n) is 4.93. The van der Waals surface area contributed by atoms with Crippen LogP contribution in [0.4, 0.5) is 5.69 Å². The number of rotatable bonds is 3. The van der Waals surface area contributed by atoms with Crippen LogP contribution in [0.1, 0.15) is 16.8 Å². The number of benzene rings is 1. The molecule has 1 aromatic rings. The second-order valence-electron chi connectivity index (χ2n) is 7.08. The van der Waals surface area contributed by atoms with Gasteiger partial charge in [-0.25, -0.2) is 0 Å². The number of anilines is 1. The van der Waals surface area contributed by atoms with E-state index in [0.29, 0.717) is 17.1 Å². The smallest absolute Gasteiger partial charge is 0.288 e. The van der Waals surface area contributed by atoms with E-state index < -0.39 is 27.4 Å². The van der Waals surface area contributed by atoms with Crippen LogP contribution in [0.25, 0.3) is 0 Å². The number of likely N-dealkylation sites (N-methyl/N-ethyl adjacent to an activating group) is 1. The van der Waals surface area contributed by atoms with Crippen molar-refractivity contribution in [1.29, 1.82) is 0 Å². The molecule has 2 amide bonds. The number of carbonyl (C=O) groups is 2. The lowest BCUT2D eigenvalue weighted by Crippen LogP contribution is -2.46. The Morgan fingerprint density at radius 1 is 1.31 bits per heavy atom. The lowest BCUT2D eigenvalue weighted by Gasteiger charge is -2.26. The molecule has 29 heavy (non-hydrogen) atoms. The van der Waals surface area contributed by atoms with Gasteiger partial charge in [-0.05, 0) is 18.1 Å². The quantitative estimate of drug-likeness (QED) is 0.542. The molecule has 2 N–H and O–H groups in total. The number of ether oxygens (including phenoxy) is 2. The first-order valence-corrected chi connectivity index (χ1v) is 10.2. The van der Waals surface area contributed by atoms with Crippen molar-refractivity contribution in [3.63, 3.8) is 0 Å². The van der Waals surface area contributed by atoms with Gasteiger partial charge in [-0.1, -0.05) is 6.08 Å². The van der Waals surface area contributed by atoms with Gasteiger partial charge in [-0.15, -0.1) is 0 Å². The number of carbonyl (C=O) groups excluding carboxylic acids is 2. The van der Waals surface area contributed by atoms with Gasteiger partial charge in [0, 0.05) is 32.4 Å². The highest BCUT2D eigenvalue weighted by Gasteiger charge is 2.45. The number of amides is 2. The molecule has 0 spiro atoms. The minimum atomic E-state index is -4.56. The van der Waals surface area contributed by atoms with Crippen molar-refractivity contribution < 1.29 is 32.0 Å². The van der Waals surface area contributed by atoms with Crippen LogP contribution < -0.4 is 14.8 Å². The zero-order valence-electron chi connectivity index (χ0n) is 15.7. The molecular weight excluding hydrogens is 402 g/mol. The summed E-state index contributed by atoms with van der Waals surface area (Å²) >= 11 is 0. The third-order valence-corrected chi connectivity index (χ3v) is 6.01. The van der Waals surface area contributed by atoms with Crippen molar-refractivity contribution in [3.8, 4) is 11.5 Å². The molecule has 3 aliphatic rings. The van der Waals surface area contributed by atoms with Crippen molar-refractivity contribution >= 4 is 27.6 Å². The van der Waals surface area contributed by atoms with Crippen LogP contribution in [0.5, 0.6) is 11.5 Å². The summed E-state index contributed by atoms with van der Waals surface area (Å²) in [6.07, 6.45) is 4.50. The predicted octanol–water partition coefficient (Wildman–Crippen LogP) is 0.797. The van der Waals surface area contributed by atoms with E-state index in [1.165, 1.54) is 40.3 Å². The van der Waals surface area contributed by atoms with Crippen LogP contribution in [-0.2, 0) is 14.9 Å². The van der Waals surface area contributed by atoms with Crippen molar-refractivity contribution in [2.45, 2.75) is 17.8 Å². The highest BCUT2D eigenvalue weighted by atomic mass is 32.2. The fraction of sp³-hybridized carbons (Fsp3) is 0.333. The molecule has 10 nitrogen and oxygen atoms in total. The number of allylic oxidation sites excluding steroid dienone is 1. The maximum Gasteiger partial charge on any atom is 0.288 e. The van der Waals surface area contributed by atoms with E-state index in [1.54, 1.807) is 14.1 Å². The molecule has 0 saturated carbocycles. The third kappa shape index (κ3) is 3.42. The largest absolute Gasteiger partial charge is 0.454 e. The minimum Gasteiger partial charge on any atom is -0.454 e. The molecule has 1 aromatic carbocycles. The van der Waals surface area contributed by atoms with E-state index in [-0.39, 0.29) is 30.4 Å². The van der Waals surface area contributed by atoms with Crippen LogP contribution in [0.15, 0.2) is 36.1 Å². The van der Waals surface area contributed by atoms with E-state index >= 15 is 0 Å². The van der Waals surface area contributed by atoms with E-state index in [4.69, 9.17) is 9.47 Å². The highest BCUT2D eigenvalue weighted by Crippen LogP contribution is 2.41. The average Bonchev–Trinajstić information content (AvgIpc) is 3.25. The van der Waals surface area contributed by atoms with Crippen molar-refractivity contribution in [2.24, 2.45) is 0 Å². The maximum absolute atomic E-state index is 13.2. The van der Waals surface area contributed by atoms with Gasteiger partial charge in [0.05, 0.1) is 17.3 Å². The summed E-state index contributed by atoms with van der Waals surface area (Å²) < 4.78 is 44.6. The summed E-state index contributed by atoms with van der Waals surface area (Å²) in [5.74, 6) is 0.0494. The molecule has 0 aliphatic carbocycles. The monoisotopic (exact) mass is 421 g/mol. The molecule has 11 heteroatoms. The molecule has 0 bridgehead atoms. The van der Waals surface area contributed by atoms with Gasteiger partial charge in [-0.2, -0.15) is 8.42 Å². The number of hydrogen-bond donors (Lipinski definition) is 2. The number of fused-ring (bicyclic) bond motifs is 3. The topological polar surface area (TPSA) is 125 Å². The summed E-state index contributed by atoms with van der Waals surface area (Å²) in [5, 5.41) is 1.31. The Kier molecular flexibility index (Phi) is 4.50. The zero-order valence-corrected chi connectivity index (χ0v) is 16.5. The summed E-state index contributed by atoms with van der Waals surface area (Å²) in [5.41, 5.74) is 0.999. The number of nitrogens with zero attached hydrogens (tertiary/aromatic N) is 2. The molecule has 3 aliphatic heterocycles. The molecule has 1 unspecified atom stereocenters. The van der Waals surface area contributed by atoms with E-state index in [2.05, 4.69) is 5.32 Å². The van der Waals surface area contributed by atoms with Crippen LogP contribution in [0.2, 0.25) is 0 Å². The molecule has 2 atom stereocenters. The minimum absolute atomic E-state index is 0.00473. The van der Waals surface area contributed by atoms with Gasteiger partial charge in [0.15, 0.2) is 16.9 Å². The number of hydrogen-bond acceptors (Lipinski definition) is 7. The van der Waals surface area contributed by atoms with E-state index in [9.17, 15) is 22.6 Å². The number of nitrogens with one attached hydrogen (secondary N) is 1. The highest BCUT2D eigenvalue weighted by molar-refractivity contribution is 7.86. The van der Waals surface area contributed by atoms with Crippen molar-refractivity contribution in [2.75, 3.05) is 26.2 Å². The first kappa shape index (κ1) is 19.3. The molecule has 0 fully saturated rings. The van der Waals surface area contributed by atoms with E-state index in [1.807, 2.05) is 0 Å². The molecule has 4 rings (SSSR count). The SMILES string of the molecule is CN(C)C(=O)/C=C/C1=CN2C(=O)c3cc4c(cc3NC(S(=O)(=O)O)[C@@H]2C1)OCO4. The molecule has 154 valence electrons. The van der Waals surface area contributed by atoms with Gasteiger partial charge in [0.2, 0.25) is 12.7 Å². The fourth-order valence-electron chi connectivity index (χ4n) is 3.47. The van der Waals surface area contributed by atoms with Crippen LogP contribution >= 0.6 is 0 Å². The standard InChI is InChI=1S/C18H19N3O7S/c1-20(2)16(22)4-3-10-5-13-17(29(24,25)26)19-12-7-15-14(27-9-28-15)6-11(12)18(23)21(13)8-10/h3-4,6-8,13,17,19H,5,9H2,1-2H3,(H,24,25,26)/b4-3+/t13-,17?/m0/s1. The summed E-state index contributed by atoms with van der Waals surface area (Å²) in [6.45, 7) is -0.00473. The van der Waals surface area contributed by atoms with Gasteiger partial charge in [0.1, 0.15) is 0 Å². The average molecular weight is 421 g/mol. The van der Waals surface area contributed by atoms with Crippen molar-refractivity contribution in [1.82, 2.24) is 9.80 Å².